The predicted octanol–water partition coefficient (Wildman–Crippen LogP) is 3.73. The van der Waals surface area contributed by atoms with E-state index < -0.39 is 5.97 Å². The number of aryl methyl sites for hydroxylation is 1. The monoisotopic (exact) mass is 318 g/mol. The molecule has 0 radical (unpaired) electrons. The van der Waals surface area contributed by atoms with Crippen LogP contribution >= 0.6 is 12.2 Å². The number of hydrogen-bond donors (Lipinski definition) is 2. The van der Waals surface area contributed by atoms with Gasteiger partial charge in [-0.3, -0.25) is 0 Å². The van der Waals surface area contributed by atoms with Crippen molar-refractivity contribution in [2.24, 2.45) is 0 Å². The fourth-order valence-electron chi connectivity index (χ4n) is 1.86. The molecule has 0 aromatic heterocycles. The van der Waals surface area contributed by atoms with Gasteiger partial charge in [-0.1, -0.05) is 0 Å². The second-order valence-corrected chi connectivity index (χ2v) is 5.02. The summed E-state index contributed by atoms with van der Waals surface area (Å²) >= 11 is 5.21. The van der Waals surface area contributed by atoms with Crippen molar-refractivity contribution in [3.63, 3.8) is 0 Å². The average Bonchev–Trinajstić information content (AvgIpc) is 2.50. The van der Waals surface area contributed by atoms with Crippen LogP contribution in [-0.2, 0) is 4.74 Å². The lowest BCUT2D eigenvalue weighted by molar-refractivity contribution is 0.0601. The molecule has 0 aliphatic rings. The van der Waals surface area contributed by atoms with Crippen molar-refractivity contribution in [1.82, 2.24) is 0 Å². The molecule has 0 aliphatic carbocycles. The van der Waals surface area contributed by atoms with Crippen molar-refractivity contribution in [2.75, 3.05) is 17.7 Å². The number of carbonyl (C=O) groups is 1. The van der Waals surface area contributed by atoms with Crippen LogP contribution in [0, 0.1) is 12.7 Å². The molecule has 0 unspecified atom stereocenters. The largest absolute Gasteiger partial charge is 0.465 e. The number of nitrogens with one attached hydrogen (secondary N) is 2. The molecular weight excluding hydrogens is 303 g/mol. The van der Waals surface area contributed by atoms with Crippen molar-refractivity contribution in [1.29, 1.82) is 0 Å². The number of anilines is 2. The zero-order chi connectivity index (χ0) is 16.1. The number of halogens is 1. The Morgan fingerprint density at radius 2 is 1.82 bits per heavy atom. The van der Waals surface area contributed by atoms with Gasteiger partial charge < -0.3 is 15.4 Å². The van der Waals surface area contributed by atoms with Crippen LogP contribution < -0.4 is 10.6 Å². The van der Waals surface area contributed by atoms with Gasteiger partial charge in [0.1, 0.15) is 5.82 Å². The minimum atomic E-state index is -0.394. The van der Waals surface area contributed by atoms with Gasteiger partial charge in [-0.25, -0.2) is 9.18 Å². The number of benzene rings is 2. The highest BCUT2D eigenvalue weighted by Crippen LogP contribution is 2.17. The molecular formula is C16H15FN2O2S. The first kappa shape index (κ1) is 15.9. The van der Waals surface area contributed by atoms with Crippen LogP contribution in [0.3, 0.4) is 0 Å². The molecule has 2 rings (SSSR count). The lowest BCUT2D eigenvalue weighted by Gasteiger charge is -2.12. The molecule has 0 aliphatic heterocycles. The average molecular weight is 318 g/mol. The number of methoxy groups -OCH3 is 1. The minimum Gasteiger partial charge on any atom is -0.465 e. The van der Waals surface area contributed by atoms with Gasteiger partial charge in [0.25, 0.3) is 0 Å². The highest BCUT2D eigenvalue weighted by molar-refractivity contribution is 7.80. The molecule has 2 aromatic rings. The van der Waals surface area contributed by atoms with Gasteiger partial charge in [-0.15, -0.1) is 0 Å². The fraction of sp³-hybridized carbons (Fsp3) is 0.125. The summed E-state index contributed by atoms with van der Waals surface area (Å²) in [5.41, 5.74) is 2.67. The Balaban J connectivity index is 2.01. The normalized spacial score (nSPS) is 9.95. The van der Waals surface area contributed by atoms with E-state index >= 15 is 0 Å². The summed E-state index contributed by atoms with van der Waals surface area (Å²) in [6.07, 6.45) is 0. The Kier molecular flexibility index (Phi) is 5.06. The molecule has 0 spiro atoms. The first-order valence-electron chi connectivity index (χ1n) is 6.52. The van der Waals surface area contributed by atoms with E-state index in [1.54, 1.807) is 37.3 Å². The van der Waals surface area contributed by atoms with Gasteiger partial charge >= 0.3 is 5.97 Å². The Morgan fingerprint density at radius 1 is 1.14 bits per heavy atom. The third kappa shape index (κ3) is 4.02. The quantitative estimate of drug-likeness (QED) is 0.667. The van der Waals surface area contributed by atoms with Crippen LogP contribution in [0.2, 0.25) is 0 Å². The van der Waals surface area contributed by atoms with Crippen molar-refractivity contribution in [3.8, 4) is 0 Å². The standard InChI is InChI=1S/C16H15FN2O2S/c1-10-9-12(17)5-8-14(10)19-16(22)18-13-6-3-11(4-7-13)15(20)21-2/h3-9H,1-2H3,(H2,18,19,22). The Labute approximate surface area is 133 Å². The Bertz CT molecular complexity index is 702. The predicted molar refractivity (Wildman–Crippen MR) is 88.8 cm³/mol. The summed E-state index contributed by atoms with van der Waals surface area (Å²) in [5.74, 6) is -0.686. The van der Waals surface area contributed by atoms with Gasteiger partial charge in [-0.05, 0) is 67.2 Å². The summed E-state index contributed by atoms with van der Waals surface area (Å²) in [4.78, 5) is 11.3. The van der Waals surface area contributed by atoms with E-state index in [9.17, 15) is 9.18 Å². The maximum Gasteiger partial charge on any atom is 0.337 e. The lowest BCUT2D eigenvalue weighted by atomic mass is 10.2. The summed E-state index contributed by atoms with van der Waals surface area (Å²) in [6.45, 7) is 1.79. The summed E-state index contributed by atoms with van der Waals surface area (Å²) in [5, 5.41) is 6.36. The van der Waals surface area contributed by atoms with Crippen molar-refractivity contribution >= 4 is 34.7 Å². The molecule has 22 heavy (non-hydrogen) atoms. The molecule has 0 bridgehead atoms. The smallest absolute Gasteiger partial charge is 0.337 e. The third-order valence-corrected chi connectivity index (χ3v) is 3.20. The fourth-order valence-corrected chi connectivity index (χ4v) is 2.09. The van der Waals surface area contributed by atoms with E-state index in [0.717, 1.165) is 16.9 Å². The first-order chi connectivity index (χ1) is 10.5. The molecule has 0 atom stereocenters. The van der Waals surface area contributed by atoms with Crippen molar-refractivity contribution in [3.05, 3.63) is 59.4 Å². The number of thiocarbonyl (C=S) groups is 1. The molecule has 2 N–H and O–H groups in total. The van der Waals surface area contributed by atoms with E-state index in [-0.39, 0.29) is 5.82 Å². The Hall–Kier alpha value is -2.47. The highest BCUT2D eigenvalue weighted by atomic mass is 32.1. The van der Waals surface area contributed by atoms with Crippen molar-refractivity contribution in [2.45, 2.75) is 6.92 Å². The molecule has 0 heterocycles. The molecule has 4 nitrogen and oxygen atoms in total. The van der Waals surface area contributed by atoms with E-state index in [1.165, 1.54) is 19.2 Å². The number of rotatable bonds is 3. The topological polar surface area (TPSA) is 50.4 Å². The van der Waals surface area contributed by atoms with Gasteiger partial charge in [0.05, 0.1) is 12.7 Å². The molecule has 0 saturated carbocycles. The van der Waals surface area contributed by atoms with E-state index in [0.29, 0.717) is 10.7 Å². The number of hydrogen-bond acceptors (Lipinski definition) is 3. The molecule has 2 aromatic carbocycles. The highest BCUT2D eigenvalue weighted by Gasteiger charge is 2.06. The van der Waals surface area contributed by atoms with Gasteiger partial charge in [-0.2, -0.15) is 0 Å². The zero-order valence-electron chi connectivity index (χ0n) is 12.1. The maximum absolute atomic E-state index is 13.1. The van der Waals surface area contributed by atoms with Crippen LogP contribution in [0.15, 0.2) is 42.5 Å². The van der Waals surface area contributed by atoms with Crippen LogP contribution in [0.25, 0.3) is 0 Å². The number of ether oxygens (including phenoxy) is 1. The second-order valence-electron chi connectivity index (χ2n) is 4.61. The van der Waals surface area contributed by atoms with E-state index in [4.69, 9.17) is 12.2 Å². The SMILES string of the molecule is COC(=O)c1ccc(NC(=S)Nc2ccc(F)cc2C)cc1. The molecule has 6 heteroatoms. The Morgan fingerprint density at radius 3 is 2.41 bits per heavy atom. The van der Waals surface area contributed by atoms with Gasteiger partial charge in [0.2, 0.25) is 0 Å². The molecule has 0 fully saturated rings. The molecule has 114 valence electrons. The number of esters is 1. The van der Waals surface area contributed by atoms with E-state index in [1.807, 2.05) is 0 Å². The summed E-state index contributed by atoms with van der Waals surface area (Å²) in [7, 11) is 1.33. The third-order valence-electron chi connectivity index (χ3n) is 3.00. The lowest BCUT2D eigenvalue weighted by Crippen LogP contribution is -2.19. The minimum absolute atomic E-state index is 0.291. The second kappa shape index (κ2) is 7.00. The zero-order valence-corrected chi connectivity index (χ0v) is 13.0. The van der Waals surface area contributed by atoms with Crippen molar-refractivity contribution < 1.29 is 13.9 Å². The van der Waals surface area contributed by atoms with Crippen LogP contribution in [-0.4, -0.2) is 18.2 Å². The van der Waals surface area contributed by atoms with E-state index in [2.05, 4.69) is 15.4 Å². The van der Waals surface area contributed by atoms with Crippen LogP contribution in [0.5, 0.6) is 0 Å². The summed E-state index contributed by atoms with van der Waals surface area (Å²) in [6, 6.07) is 11.1. The van der Waals surface area contributed by atoms with Gasteiger partial charge in [0.15, 0.2) is 5.11 Å². The van der Waals surface area contributed by atoms with Crippen LogP contribution in [0.4, 0.5) is 15.8 Å². The maximum atomic E-state index is 13.1. The molecule has 0 amide bonds. The summed E-state index contributed by atoms with van der Waals surface area (Å²) < 4.78 is 17.7. The van der Waals surface area contributed by atoms with Gasteiger partial charge in [0, 0.05) is 11.4 Å². The number of carbonyl (C=O) groups excluding carboxylic acids is 1. The van der Waals surface area contributed by atoms with Crippen LogP contribution in [0.1, 0.15) is 15.9 Å². The first-order valence-corrected chi connectivity index (χ1v) is 6.93. The molecule has 0 saturated heterocycles.